The predicted molar refractivity (Wildman–Crippen MR) is 109 cm³/mol. The number of nitrogens with one attached hydrogen (secondary N) is 1. The highest BCUT2D eigenvalue weighted by molar-refractivity contribution is 7.16. The summed E-state index contributed by atoms with van der Waals surface area (Å²) in [5.41, 5.74) is 7.85. The molecule has 0 radical (unpaired) electrons. The Morgan fingerprint density at radius 3 is 2.52 bits per heavy atom. The van der Waals surface area contributed by atoms with Gasteiger partial charge in [-0.25, -0.2) is 0 Å². The van der Waals surface area contributed by atoms with E-state index in [0.717, 1.165) is 21.4 Å². The Bertz CT molecular complexity index is 1130. The van der Waals surface area contributed by atoms with Crippen LogP contribution in [-0.2, 0) is 4.79 Å². The summed E-state index contributed by atoms with van der Waals surface area (Å²) in [6.07, 6.45) is 0. The highest BCUT2D eigenvalue weighted by Gasteiger charge is 2.23. The lowest BCUT2D eigenvalue weighted by Gasteiger charge is -2.18. The third-order valence-corrected chi connectivity index (χ3v) is 5.92. The van der Waals surface area contributed by atoms with Crippen molar-refractivity contribution in [2.75, 3.05) is 5.32 Å². The molecule has 6 nitrogen and oxygen atoms in total. The van der Waals surface area contributed by atoms with Gasteiger partial charge in [-0.15, -0.1) is 11.3 Å². The van der Waals surface area contributed by atoms with E-state index >= 15 is 0 Å². The van der Waals surface area contributed by atoms with Crippen molar-refractivity contribution in [3.63, 3.8) is 0 Å². The Balaban J connectivity index is 2.03. The number of carbonyl (C=O) groups is 2. The van der Waals surface area contributed by atoms with Crippen molar-refractivity contribution in [3.8, 4) is 0 Å². The van der Waals surface area contributed by atoms with Crippen molar-refractivity contribution in [2.24, 2.45) is 5.73 Å². The fourth-order valence-electron chi connectivity index (χ4n) is 3.21. The number of benzene rings is 1. The van der Waals surface area contributed by atoms with Gasteiger partial charge in [0, 0.05) is 16.3 Å². The monoisotopic (exact) mass is 383 g/mol. The first-order valence-corrected chi connectivity index (χ1v) is 9.35. The quantitative estimate of drug-likeness (QED) is 0.724. The lowest BCUT2D eigenvalue weighted by molar-refractivity contribution is -0.118. The molecule has 1 aromatic carbocycles. The number of nitrogens with two attached hydrogens (primary N) is 1. The van der Waals surface area contributed by atoms with E-state index in [9.17, 15) is 14.4 Å². The van der Waals surface area contributed by atoms with Gasteiger partial charge < -0.3 is 11.1 Å². The van der Waals surface area contributed by atoms with E-state index in [-0.39, 0.29) is 11.5 Å². The highest BCUT2D eigenvalue weighted by Crippen LogP contribution is 2.32. The van der Waals surface area contributed by atoms with Gasteiger partial charge in [0.2, 0.25) is 5.91 Å². The highest BCUT2D eigenvalue weighted by atomic mass is 32.1. The number of hydrogen-bond acceptors (Lipinski definition) is 4. The molecule has 0 aliphatic carbocycles. The van der Waals surface area contributed by atoms with E-state index in [1.54, 1.807) is 13.8 Å². The van der Waals surface area contributed by atoms with Crippen LogP contribution in [-0.4, -0.2) is 16.4 Å². The van der Waals surface area contributed by atoms with E-state index in [0.29, 0.717) is 16.1 Å². The zero-order valence-corrected chi connectivity index (χ0v) is 16.4. The summed E-state index contributed by atoms with van der Waals surface area (Å²) in [5, 5.41) is 4.11. The average molecular weight is 383 g/mol. The first-order chi connectivity index (χ1) is 12.7. The average Bonchev–Trinajstić information content (AvgIpc) is 2.88. The SMILES string of the molecule is Cc1sc(NC(=O)C(C)n2c(=O)cc(C)c3ccccc32)c(C(N)=O)c1C. The molecule has 0 bridgehead atoms. The van der Waals surface area contributed by atoms with E-state index < -0.39 is 11.9 Å². The smallest absolute Gasteiger partial charge is 0.252 e. The summed E-state index contributed by atoms with van der Waals surface area (Å²) in [6, 6.07) is 8.24. The van der Waals surface area contributed by atoms with Gasteiger partial charge in [0.1, 0.15) is 11.0 Å². The molecule has 2 amide bonds. The van der Waals surface area contributed by atoms with Crippen LogP contribution in [0.3, 0.4) is 0 Å². The Hall–Kier alpha value is -2.93. The maximum atomic E-state index is 12.9. The predicted octanol–water partition coefficient (Wildman–Crippen LogP) is 3.29. The molecule has 3 aromatic rings. The number of aromatic nitrogens is 1. The molecule has 0 saturated heterocycles. The molecule has 2 aromatic heterocycles. The van der Waals surface area contributed by atoms with Crippen molar-refractivity contribution in [1.82, 2.24) is 4.57 Å². The molecule has 7 heteroatoms. The number of aryl methyl sites for hydroxylation is 2. The number of pyridine rings is 1. The largest absolute Gasteiger partial charge is 0.365 e. The second-order valence-electron chi connectivity index (χ2n) is 6.57. The molecule has 140 valence electrons. The van der Waals surface area contributed by atoms with Crippen LogP contribution >= 0.6 is 11.3 Å². The number of amides is 2. The fraction of sp³-hybridized carbons (Fsp3) is 0.250. The van der Waals surface area contributed by atoms with Gasteiger partial charge in [0.15, 0.2) is 0 Å². The molecule has 1 unspecified atom stereocenters. The lowest BCUT2D eigenvalue weighted by Crippen LogP contribution is -2.32. The van der Waals surface area contributed by atoms with Crippen molar-refractivity contribution >= 4 is 39.1 Å². The zero-order chi connectivity index (χ0) is 19.9. The molecule has 0 aliphatic rings. The molecule has 0 aliphatic heterocycles. The van der Waals surface area contributed by atoms with Gasteiger partial charge in [-0.2, -0.15) is 0 Å². The minimum absolute atomic E-state index is 0.248. The standard InChI is InChI=1S/C20H21N3O3S/c1-10-9-16(24)23(15-8-6-5-7-14(10)15)12(3)19(26)22-20-17(18(21)25)11(2)13(4)27-20/h5-9,12H,1-4H3,(H2,21,25)(H,22,26). The molecular formula is C20H21N3O3S. The maximum Gasteiger partial charge on any atom is 0.252 e. The Labute approximate surface area is 160 Å². The Morgan fingerprint density at radius 1 is 1.19 bits per heavy atom. The number of nitrogens with zero attached hydrogens (tertiary/aromatic N) is 1. The van der Waals surface area contributed by atoms with Crippen molar-refractivity contribution in [3.05, 3.63) is 62.3 Å². The number of hydrogen-bond donors (Lipinski definition) is 2. The van der Waals surface area contributed by atoms with Crippen LogP contribution in [0.25, 0.3) is 10.9 Å². The number of para-hydroxylation sites is 1. The van der Waals surface area contributed by atoms with Crippen molar-refractivity contribution < 1.29 is 9.59 Å². The Kier molecular flexibility index (Phi) is 4.89. The number of fused-ring (bicyclic) bond motifs is 1. The third-order valence-electron chi connectivity index (χ3n) is 4.80. The van der Waals surface area contributed by atoms with Gasteiger partial charge in [-0.1, -0.05) is 18.2 Å². The molecule has 3 rings (SSSR count). The second-order valence-corrected chi connectivity index (χ2v) is 7.79. The molecule has 1 atom stereocenters. The summed E-state index contributed by atoms with van der Waals surface area (Å²) in [4.78, 5) is 38.1. The first-order valence-electron chi connectivity index (χ1n) is 8.54. The summed E-state index contributed by atoms with van der Waals surface area (Å²) < 4.78 is 1.47. The van der Waals surface area contributed by atoms with E-state index in [1.165, 1.54) is 22.0 Å². The van der Waals surface area contributed by atoms with Gasteiger partial charge in [0.25, 0.3) is 11.5 Å². The summed E-state index contributed by atoms with van der Waals surface area (Å²) in [5.74, 6) is -0.965. The molecule has 3 N–H and O–H groups in total. The van der Waals surface area contributed by atoms with Crippen LogP contribution in [0.1, 0.15) is 39.3 Å². The summed E-state index contributed by atoms with van der Waals surface area (Å²) in [6.45, 7) is 7.19. The number of anilines is 1. The van der Waals surface area contributed by atoms with Crippen molar-refractivity contribution in [1.29, 1.82) is 0 Å². The number of thiophene rings is 1. The van der Waals surface area contributed by atoms with Crippen LogP contribution in [0.15, 0.2) is 35.1 Å². The molecule has 0 saturated carbocycles. The molecule has 2 heterocycles. The summed E-state index contributed by atoms with van der Waals surface area (Å²) in [7, 11) is 0. The fourth-order valence-corrected chi connectivity index (χ4v) is 4.28. The number of carbonyl (C=O) groups excluding carboxylic acids is 2. The molecule has 0 fully saturated rings. The van der Waals surface area contributed by atoms with Crippen LogP contribution in [0, 0.1) is 20.8 Å². The van der Waals surface area contributed by atoms with Gasteiger partial charge in [-0.3, -0.25) is 19.0 Å². The van der Waals surface area contributed by atoms with Crippen molar-refractivity contribution in [2.45, 2.75) is 33.7 Å². The number of rotatable bonds is 4. The molecule has 0 spiro atoms. The minimum atomic E-state index is -0.758. The topological polar surface area (TPSA) is 94.2 Å². The number of primary amides is 1. The second kappa shape index (κ2) is 7.00. The van der Waals surface area contributed by atoms with E-state index in [4.69, 9.17) is 5.73 Å². The maximum absolute atomic E-state index is 12.9. The van der Waals surface area contributed by atoms with Gasteiger partial charge >= 0.3 is 0 Å². The third kappa shape index (κ3) is 3.26. The van der Waals surface area contributed by atoms with Crippen LogP contribution in [0.5, 0.6) is 0 Å². The molecule has 27 heavy (non-hydrogen) atoms. The Morgan fingerprint density at radius 2 is 1.85 bits per heavy atom. The van der Waals surface area contributed by atoms with E-state index in [1.807, 2.05) is 38.1 Å². The lowest BCUT2D eigenvalue weighted by atomic mass is 10.1. The van der Waals surface area contributed by atoms with Crippen LogP contribution < -0.4 is 16.6 Å². The van der Waals surface area contributed by atoms with Gasteiger partial charge in [0.05, 0.1) is 11.1 Å². The summed E-state index contributed by atoms with van der Waals surface area (Å²) >= 11 is 1.30. The molecular weight excluding hydrogens is 362 g/mol. The normalized spacial score (nSPS) is 12.1. The van der Waals surface area contributed by atoms with Crippen LogP contribution in [0.2, 0.25) is 0 Å². The first kappa shape index (κ1) is 18.8. The minimum Gasteiger partial charge on any atom is -0.365 e. The van der Waals surface area contributed by atoms with Gasteiger partial charge in [-0.05, 0) is 44.9 Å². The zero-order valence-electron chi connectivity index (χ0n) is 15.6. The van der Waals surface area contributed by atoms with E-state index in [2.05, 4.69) is 5.32 Å². The van der Waals surface area contributed by atoms with Crippen LogP contribution in [0.4, 0.5) is 5.00 Å².